The van der Waals surface area contributed by atoms with Crippen molar-refractivity contribution in [2.24, 2.45) is 7.05 Å². The summed E-state index contributed by atoms with van der Waals surface area (Å²) >= 11 is 0. The molecule has 0 aliphatic rings. The number of hydrogen-bond acceptors (Lipinski definition) is 4. The van der Waals surface area contributed by atoms with Gasteiger partial charge in [0.05, 0.1) is 11.6 Å². The van der Waals surface area contributed by atoms with E-state index < -0.39 is 5.60 Å². The normalized spacial score (nSPS) is 13.7. The summed E-state index contributed by atoms with van der Waals surface area (Å²) in [7, 11) is 1.98. The second-order valence-corrected chi connectivity index (χ2v) is 7.11. The third kappa shape index (κ3) is 5.86. The number of nitrogens with one attached hydrogen (secondary N) is 2. The summed E-state index contributed by atoms with van der Waals surface area (Å²) in [4.78, 5) is 16.5. The van der Waals surface area contributed by atoms with Crippen LogP contribution in [-0.4, -0.2) is 33.3 Å². The number of alkyl carbamates (subject to hydrolysis) is 1. The molecule has 0 spiro atoms. The van der Waals surface area contributed by atoms with E-state index in [9.17, 15) is 4.79 Å². The van der Waals surface area contributed by atoms with Crippen LogP contribution in [0.3, 0.4) is 0 Å². The highest BCUT2D eigenvalue weighted by Crippen LogP contribution is 2.18. The van der Waals surface area contributed by atoms with Crippen LogP contribution in [0.4, 0.5) is 4.79 Å². The van der Waals surface area contributed by atoms with E-state index in [-0.39, 0.29) is 17.7 Å². The Morgan fingerprint density at radius 2 is 1.96 bits per heavy atom. The fourth-order valence-electron chi connectivity index (χ4n) is 2.48. The van der Waals surface area contributed by atoms with E-state index in [1.165, 1.54) is 0 Å². The molecule has 0 bridgehead atoms. The lowest BCUT2D eigenvalue weighted by Crippen LogP contribution is -2.55. The standard InChI is InChI=1S/C17H32N4O2/c1-8-17(9-2,20-15(22)23-16(4,5)6)12-19-13(3)14-18-10-11-21(14)7/h10-11,13,19H,8-9,12H2,1-7H3,(H,20,22). The maximum atomic E-state index is 12.1. The first-order valence-corrected chi connectivity index (χ1v) is 8.34. The Morgan fingerprint density at radius 1 is 1.35 bits per heavy atom. The van der Waals surface area contributed by atoms with Gasteiger partial charge >= 0.3 is 6.09 Å². The summed E-state index contributed by atoms with van der Waals surface area (Å²) < 4.78 is 7.40. The highest BCUT2D eigenvalue weighted by Gasteiger charge is 2.31. The largest absolute Gasteiger partial charge is 0.444 e. The highest BCUT2D eigenvalue weighted by molar-refractivity contribution is 5.68. The van der Waals surface area contributed by atoms with Crippen molar-refractivity contribution < 1.29 is 9.53 Å². The molecular weight excluding hydrogens is 292 g/mol. The van der Waals surface area contributed by atoms with Crippen LogP contribution >= 0.6 is 0 Å². The van der Waals surface area contributed by atoms with E-state index in [1.54, 1.807) is 6.20 Å². The molecular formula is C17H32N4O2. The van der Waals surface area contributed by atoms with Crippen LogP contribution in [0.15, 0.2) is 12.4 Å². The van der Waals surface area contributed by atoms with E-state index in [2.05, 4.69) is 36.4 Å². The first kappa shape index (κ1) is 19.5. The van der Waals surface area contributed by atoms with Crippen molar-refractivity contribution in [3.8, 4) is 0 Å². The van der Waals surface area contributed by atoms with Gasteiger partial charge in [0, 0.05) is 26.0 Å². The molecule has 0 fully saturated rings. The fourth-order valence-corrected chi connectivity index (χ4v) is 2.48. The van der Waals surface area contributed by atoms with Crippen molar-refractivity contribution >= 4 is 6.09 Å². The average molecular weight is 324 g/mol. The molecule has 2 N–H and O–H groups in total. The van der Waals surface area contributed by atoms with Crippen molar-refractivity contribution in [2.45, 2.75) is 71.6 Å². The predicted molar refractivity (Wildman–Crippen MR) is 92.3 cm³/mol. The Hall–Kier alpha value is -1.56. The zero-order valence-electron chi connectivity index (χ0n) is 15.6. The molecule has 23 heavy (non-hydrogen) atoms. The molecule has 0 aliphatic carbocycles. The van der Waals surface area contributed by atoms with Crippen molar-refractivity contribution in [3.05, 3.63) is 18.2 Å². The molecule has 1 atom stereocenters. The Kier molecular flexibility index (Phi) is 6.62. The third-order valence-corrected chi connectivity index (χ3v) is 4.11. The van der Waals surface area contributed by atoms with Crippen LogP contribution in [0, 0.1) is 0 Å². The summed E-state index contributed by atoms with van der Waals surface area (Å²) in [5, 5.41) is 6.53. The minimum absolute atomic E-state index is 0.105. The van der Waals surface area contributed by atoms with Crippen LogP contribution in [-0.2, 0) is 11.8 Å². The van der Waals surface area contributed by atoms with E-state index in [1.807, 2.05) is 38.6 Å². The summed E-state index contributed by atoms with van der Waals surface area (Å²) in [6, 6.07) is 0.105. The first-order valence-electron chi connectivity index (χ1n) is 8.34. The number of aromatic nitrogens is 2. The van der Waals surface area contributed by atoms with Crippen molar-refractivity contribution in [2.75, 3.05) is 6.54 Å². The van der Waals surface area contributed by atoms with E-state index in [0.717, 1.165) is 18.7 Å². The first-order chi connectivity index (χ1) is 10.6. The van der Waals surface area contributed by atoms with Gasteiger partial charge in [0.2, 0.25) is 0 Å². The Morgan fingerprint density at radius 3 is 2.39 bits per heavy atom. The van der Waals surface area contributed by atoms with Gasteiger partial charge in [-0.05, 0) is 40.5 Å². The molecule has 0 saturated heterocycles. The number of carbonyl (C=O) groups is 1. The molecule has 1 rings (SSSR count). The van der Waals surface area contributed by atoms with E-state index in [0.29, 0.717) is 6.54 Å². The average Bonchev–Trinajstić information content (AvgIpc) is 2.87. The molecule has 6 nitrogen and oxygen atoms in total. The lowest BCUT2D eigenvalue weighted by atomic mass is 9.92. The molecule has 132 valence electrons. The van der Waals surface area contributed by atoms with E-state index in [4.69, 9.17) is 4.74 Å². The highest BCUT2D eigenvalue weighted by atomic mass is 16.6. The minimum Gasteiger partial charge on any atom is -0.444 e. The van der Waals surface area contributed by atoms with E-state index >= 15 is 0 Å². The smallest absolute Gasteiger partial charge is 0.408 e. The Bertz CT molecular complexity index is 501. The third-order valence-electron chi connectivity index (χ3n) is 4.11. The van der Waals surface area contributed by atoms with Crippen LogP contribution in [0.2, 0.25) is 0 Å². The predicted octanol–water partition coefficient (Wildman–Crippen LogP) is 3.15. The van der Waals surface area contributed by atoms with Gasteiger partial charge in [-0.1, -0.05) is 13.8 Å². The number of amides is 1. The molecule has 1 aromatic heterocycles. The number of rotatable bonds is 7. The molecule has 1 amide bonds. The van der Waals surface area contributed by atoms with Gasteiger partial charge in [-0.15, -0.1) is 0 Å². The van der Waals surface area contributed by atoms with Crippen molar-refractivity contribution in [1.29, 1.82) is 0 Å². The van der Waals surface area contributed by atoms with Gasteiger partial charge < -0.3 is 19.9 Å². The SMILES string of the molecule is CCC(CC)(CNC(C)c1nccn1C)NC(=O)OC(C)(C)C. The molecule has 6 heteroatoms. The second kappa shape index (κ2) is 7.81. The van der Waals surface area contributed by atoms with Crippen LogP contribution in [0.5, 0.6) is 0 Å². The lowest BCUT2D eigenvalue weighted by molar-refractivity contribution is 0.0444. The number of hydrogen-bond donors (Lipinski definition) is 2. The summed E-state index contributed by atoms with van der Waals surface area (Å²) in [6.07, 6.45) is 5.00. The maximum absolute atomic E-state index is 12.1. The van der Waals surface area contributed by atoms with Crippen molar-refractivity contribution in [3.63, 3.8) is 0 Å². The van der Waals surface area contributed by atoms with Crippen LogP contribution < -0.4 is 10.6 Å². The molecule has 0 radical (unpaired) electrons. The molecule has 0 saturated carbocycles. The topological polar surface area (TPSA) is 68.2 Å². The number of carbonyl (C=O) groups excluding carboxylic acids is 1. The quantitative estimate of drug-likeness (QED) is 0.808. The van der Waals surface area contributed by atoms with Gasteiger partial charge in [-0.25, -0.2) is 9.78 Å². The zero-order valence-corrected chi connectivity index (χ0v) is 15.6. The number of ether oxygens (including phenoxy) is 1. The summed E-state index contributed by atoms with van der Waals surface area (Å²) in [5.41, 5.74) is -0.827. The Labute approximate surface area is 140 Å². The minimum atomic E-state index is -0.495. The van der Waals surface area contributed by atoms with Crippen LogP contribution in [0.1, 0.15) is 66.3 Å². The van der Waals surface area contributed by atoms with Gasteiger partial charge in [-0.3, -0.25) is 0 Å². The summed E-state index contributed by atoms with van der Waals surface area (Å²) in [5.74, 6) is 0.975. The van der Waals surface area contributed by atoms with Gasteiger partial charge in [0.25, 0.3) is 0 Å². The molecule has 1 aromatic rings. The molecule has 0 aliphatic heterocycles. The van der Waals surface area contributed by atoms with Gasteiger partial charge in [-0.2, -0.15) is 0 Å². The van der Waals surface area contributed by atoms with Crippen molar-refractivity contribution in [1.82, 2.24) is 20.2 Å². The molecule has 0 aromatic carbocycles. The number of imidazole rings is 1. The number of aryl methyl sites for hydroxylation is 1. The van der Waals surface area contributed by atoms with Crippen LogP contribution in [0.25, 0.3) is 0 Å². The Balaban J connectivity index is 2.69. The van der Waals surface area contributed by atoms with Gasteiger partial charge in [0.1, 0.15) is 11.4 Å². The van der Waals surface area contributed by atoms with Gasteiger partial charge in [0.15, 0.2) is 0 Å². The zero-order chi connectivity index (χ0) is 17.7. The lowest BCUT2D eigenvalue weighted by Gasteiger charge is -2.35. The molecule has 1 heterocycles. The maximum Gasteiger partial charge on any atom is 0.408 e. The monoisotopic (exact) mass is 324 g/mol. The number of nitrogens with zero attached hydrogens (tertiary/aromatic N) is 2. The second-order valence-electron chi connectivity index (χ2n) is 7.11. The molecule has 1 unspecified atom stereocenters. The fraction of sp³-hybridized carbons (Fsp3) is 0.765. The summed E-state index contributed by atoms with van der Waals surface area (Å²) in [6.45, 7) is 12.5.